The second-order valence-corrected chi connectivity index (χ2v) is 6.41. The molecule has 1 saturated carbocycles. The third kappa shape index (κ3) is 2.51. The molecule has 0 aromatic heterocycles. The van der Waals surface area contributed by atoms with Crippen molar-refractivity contribution in [3.05, 3.63) is 35.9 Å². The fraction of sp³-hybridized carbons (Fsp3) is 0.556. The Kier molecular flexibility index (Phi) is 3.94. The number of hydrogen-bond acceptors (Lipinski definition) is 3. The van der Waals surface area contributed by atoms with Crippen molar-refractivity contribution in [1.82, 2.24) is 4.90 Å². The molecule has 22 heavy (non-hydrogen) atoms. The van der Waals surface area contributed by atoms with E-state index < -0.39 is 5.41 Å². The number of carbonyl (C=O) groups excluding carboxylic acids is 2. The first-order valence-corrected chi connectivity index (χ1v) is 8.10. The van der Waals surface area contributed by atoms with Crippen LogP contribution in [0.25, 0.3) is 0 Å². The first kappa shape index (κ1) is 15.1. The molecule has 0 radical (unpaired) electrons. The molecule has 1 aromatic rings. The van der Waals surface area contributed by atoms with Gasteiger partial charge in [0.25, 0.3) is 0 Å². The molecule has 4 nitrogen and oxygen atoms in total. The lowest BCUT2D eigenvalue weighted by Gasteiger charge is -2.26. The summed E-state index contributed by atoms with van der Waals surface area (Å²) in [5, 5.41) is 0. The Morgan fingerprint density at radius 3 is 2.64 bits per heavy atom. The zero-order valence-electron chi connectivity index (χ0n) is 13.2. The summed E-state index contributed by atoms with van der Waals surface area (Å²) in [6.07, 6.45) is 2.19. The van der Waals surface area contributed by atoms with Gasteiger partial charge in [0.2, 0.25) is 5.91 Å². The van der Waals surface area contributed by atoms with Gasteiger partial charge in [-0.2, -0.15) is 0 Å². The predicted molar refractivity (Wildman–Crippen MR) is 83.0 cm³/mol. The molecule has 0 N–H and O–H groups in total. The van der Waals surface area contributed by atoms with Crippen LogP contribution in [0.15, 0.2) is 30.3 Å². The van der Waals surface area contributed by atoms with E-state index >= 15 is 0 Å². The molecule has 118 valence electrons. The standard InChI is InChI=1S/C18H23NO3/c1-3-22-17(21)18(9-10-18)15-11-16(20)19(12-15)13(2)14-7-5-4-6-8-14/h4-8,13,15H,3,9-12H2,1-2H3/t13?,15-/m1/s1. The minimum atomic E-state index is -0.392. The molecule has 1 aliphatic carbocycles. The number of nitrogens with zero attached hydrogens (tertiary/aromatic N) is 1. The maximum absolute atomic E-state index is 12.4. The number of likely N-dealkylation sites (tertiary alicyclic amines) is 1. The van der Waals surface area contributed by atoms with Crippen LogP contribution in [0.1, 0.15) is 44.7 Å². The van der Waals surface area contributed by atoms with Crippen LogP contribution in [-0.4, -0.2) is 29.9 Å². The Morgan fingerprint density at radius 2 is 2.05 bits per heavy atom. The number of benzene rings is 1. The molecule has 4 heteroatoms. The van der Waals surface area contributed by atoms with Crippen LogP contribution < -0.4 is 0 Å². The fourth-order valence-corrected chi connectivity index (χ4v) is 3.58. The zero-order valence-corrected chi connectivity index (χ0v) is 13.2. The highest BCUT2D eigenvalue weighted by Crippen LogP contribution is 2.56. The van der Waals surface area contributed by atoms with Crippen molar-refractivity contribution in [1.29, 1.82) is 0 Å². The number of esters is 1. The highest BCUT2D eigenvalue weighted by molar-refractivity contribution is 5.85. The predicted octanol–water partition coefficient (Wildman–Crippen LogP) is 2.94. The van der Waals surface area contributed by atoms with Gasteiger partial charge in [-0.1, -0.05) is 30.3 Å². The van der Waals surface area contributed by atoms with Crippen LogP contribution in [0.4, 0.5) is 0 Å². The highest BCUT2D eigenvalue weighted by atomic mass is 16.5. The SMILES string of the molecule is CCOC(=O)C1([C@@H]2CC(=O)N(C(C)c3ccccc3)C2)CC1. The van der Waals surface area contributed by atoms with Crippen molar-refractivity contribution >= 4 is 11.9 Å². The Labute approximate surface area is 131 Å². The summed E-state index contributed by atoms with van der Waals surface area (Å²) in [6.45, 7) is 4.95. The maximum atomic E-state index is 12.4. The average Bonchev–Trinajstić information content (AvgIpc) is 3.25. The molecule has 0 spiro atoms. The molecular formula is C18H23NO3. The van der Waals surface area contributed by atoms with Gasteiger partial charge in [0.15, 0.2) is 0 Å². The van der Waals surface area contributed by atoms with E-state index in [1.165, 1.54) is 0 Å². The van der Waals surface area contributed by atoms with Crippen molar-refractivity contribution in [2.24, 2.45) is 11.3 Å². The first-order valence-electron chi connectivity index (χ1n) is 8.10. The van der Waals surface area contributed by atoms with Crippen LogP contribution in [0.2, 0.25) is 0 Å². The molecule has 2 aliphatic rings. The average molecular weight is 301 g/mol. The van der Waals surface area contributed by atoms with Crippen molar-refractivity contribution in [3.8, 4) is 0 Å². The van der Waals surface area contributed by atoms with Gasteiger partial charge in [-0.3, -0.25) is 9.59 Å². The van der Waals surface area contributed by atoms with Gasteiger partial charge in [-0.05, 0) is 32.3 Å². The van der Waals surface area contributed by atoms with Crippen LogP contribution in [0.3, 0.4) is 0 Å². The van der Waals surface area contributed by atoms with Gasteiger partial charge in [-0.15, -0.1) is 0 Å². The van der Waals surface area contributed by atoms with Crippen LogP contribution in [-0.2, 0) is 14.3 Å². The number of ether oxygens (including phenoxy) is 1. The summed E-state index contributed by atoms with van der Waals surface area (Å²) < 4.78 is 5.23. The van der Waals surface area contributed by atoms with Crippen molar-refractivity contribution in [2.75, 3.05) is 13.2 Å². The lowest BCUT2D eigenvalue weighted by Crippen LogP contribution is -2.32. The fourth-order valence-electron chi connectivity index (χ4n) is 3.58. The largest absolute Gasteiger partial charge is 0.466 e. The normalized spacial score (nSPS) is 24.2. The Bertz CT molecular complexity index is 565. The Morgan fingerprint density at radius 1 is 1.36 bits per heavy atom. The first-order chi connectivity index (χ1) is 10.6. The molecule has 0 bridgehead atoms. The van der Waals surface area contributed by atoms with E-state index in [0.717, 1.165) is 18.4 Å². The third-order valence-electron chi connectivity index (χ3n) is 5.16. The molecule has 1 heterocycles. The number of amides is 1. The van der Waals surface area contributed by atoms with E-state index in [9.17, 15) is 9.59 Å². The summed E-state index contributed by atoms with van der Waals surface area (Å²) in [5.41, 5.74) is 0.745. The van der Waals surface area contributed by atoms with E-state index in [1.54, 1.807) is 0 Å². The zero-order chi connectivity index (χ0) is 15.7. The Balaban J connectivity index is 1.73. The molecule has 1 saturated heterocycles. The Hall–Kier alpha value is -1.84. The molecule has 1 aromatic carbocycles. The molecule has 2 fully saturated rings. The quantitative estimate of drug-likeness (QED) is 0.786. The van der Waals surface area contributed by atoms with E-state index in [4.69, 9.17) is 4.74 Å². The lowest BCUT2D eigenvalue weighted by molar-refractivity contribution is -0.151. The second-order valence-electron chi connectivity index (χ2n) is 6.41. The van der Waals surface area contributed by atoms with E-state index in [0.29, 0.717) is 19.6 Å². The highest BCUT2D eigenvalue weighted by Gasteiger charge is 2.59. The van der Waals surface area contributed by atoms with Gasteiger partial charge < -0.3 is 9.64 Å². The van der Waals surface area contributed by atoms with Gasteiger partial charge >= 0.3 is 5.97 Å². The van der Waals surface area contributed by atoms with Crippen molar-refractivity contribution < 1.29 is 14.3 Å². The lowest BCUT2D eigenvalue weighted by atomic mass is 9.88. The summed E-state index contributed by atoms with van der Waals surface area (Å²) in [7, 11) is 0. The van der Waals surface area contributed by atoms with Crippen LogP contribution in [0.5, 0.6) is 0 Å². The van der Waals surface area contributed by atoms with E-state index in [1.807, 2.05) is 42.2 Å². The van der Waals surface area contributed by atoms with Gasteiger partial charge in [0, 0.05) is 18.9 Å². The maximum Gasteiger partial charge on any atom is 0.312 e. The van der Waals surface area contributed by atoms with Crippen LogP contribution >= 0.6 is 0 Å². The van der Waals surface area contributed by atoms with Crippen LogP contribution in [0, 0.1) is 11.3 Å². The molecule has 1 unspecified atom stereocenters. The summed E-state index contributed by atoms with van der Waals surface area (Å²) >= 11 is 0. The van der Waals surface area contributed by atoms with E-state index in [-0.39, 0.29) is 23.8 Å². The monoisotopic (exact) mass is 301 g/mol. The molecule has 1 amide bonds. The van der Waals surface area contributed by atoms with Gasteiger partial charge in [0.1, 0.15) is 0 Å². The molecular weight excluding hydrogens is 278 g/mol. The third-order valence-corrected chi connectivity index (χ3v) is 5.16. The van der Waals surface area contributed by atoms with Gasteiger partial charge in [-0.25, -0.2) is 0 Å². The summed E-state index contributed by atoms with van der Waals surface area (Å²) in [4.78, 5) is 26.6. The smallest absolute Gasteiger partial charge is 0.312 e. The molecule has 1 aliphatic heterocycles. The van der Waals surface area contributed by atoms with Gasteiger partial charge in [0.05, 0.1) is 18.1 Å². The van der Waals surface area contributed by atoms with Crippen molar-refractivity contribution in [3.63, 3.8) is 0 Å². The summed E-state index contributed by atoms with van der Waals surface area (Å²) in [6, 6.07) is 10.1. The number of rotatable bonds is 5. The second kappa shape index (κ2) is 5.75. The number of hydrogen-bond donors (Lipinski definition) is 0. The molecule has 2 atom stereocenters. The topological polar surface area (TPSA) is 46.6 Å². The van der Waals surface area contributed by atoms with Crippen molar-refractivity contribution in [2.45, 2.75) is 39.2 Å². The summed E-state index contributed by atoms with van der Waals surface area (Å²) in [5.74, 6) is 0.143. The molecule has 3 rings (SSSR count). The number of carbonyl (C=O) groups is 2. The minimum absolute atomic E-state index is 0.0525. The van der Waals surface area contributed by atoms with E-state index in [2.05, 4.69) is 6.92 Å². The minimum Gasteiger partial charge on any atom is -0.466 e.